The van der Waals surface area contributed by atoms with Crippen molar-refractivity contribution in [1.82, 2.24) is 15.2 Å². The lowest BCUT2D eigenvalue weighted by molar-refractivity contribution is 0.416. The highest BCUT2D eigenvalue weighted by atomic mass is 19.1. The Bertz CT molecular complexity index is 973. The van der Waals surface area contributed by atoms with E-state index in [1.165, 1.54) is 12.1 Å². The summed E-state index contributed by atoms with van der Waals surface area (Å²) in [5.41, 5.74) is 2.93. The van der Waals surface area contributed by atoms with Crippen LogP contribution < -0.4 is 19.9 Å². The number of hydrogen-bond donors (Lipinski definition) is 1. The molecule has 0 unspecified atom stereocenters. The Morgan fingerprint density at radius 1 is 1.00 bits per heavy atom. The first-order chi connectivity index (χ1) is 14.1. The van der Waals surface area contributed by atoms with Gasteiger partial charge in [-0.05, 0) is 48.9 Å². The van der Waals surface area contributed by atoms with Crippen LogP contribution in [0, 0.1) is 12.7 Å². The zero-order valence-electron chi connectivity index (χ0n) is 16.5. The van der Waals surface area contributed by atoms with Crippen LogP contribution in [0.3, 0.4) is 0 Å². The Morgan fingerprint density at radius 2 is 1.72 bits per heavy atom. The molecular weight excluding hydrogens is 371 g/mol. The summed E-state index contributed by atoms with van der Waals surface area (Å²) in [6.07, 6.45) is 1.67. The maximum atomic E-state index is 13.1. The van der Waals surface area contributed by atoms with E-state index in [9.17, 15) is 4.39 Å². The first-order valence-electron chi connectivity index (χ1n) is 9.49. The molecule has 1 N–H and O–H groups in total. The van der Waals surface area contributed by atoms with E-state index >= 15 is 0 Å². The number of nitrogens with one attached hydrogen (secondary N) is 1. The highest BCUT2D eigenvalue weighted by molar-refractivity contribution is 5.64. The van der Waals surface area contributed by atoms with E-state index in [0.717, 1.165) is 54.7 Å². The van der Waals surface area contributed by atoms with Gasteiger partial charge in [0.2, 0.25) is 5.95 Å². The van der Waals surface area contributed by atoms with E-state index in [4.69, 9.17) is 4.74 Å². The molecular formula is C21H23FN6O. The molecule has 1 aromatic heterocycles. The fraction of sp³-hybridized carbons (Fsp3) is 0.286. The highest BCUT2D eigenvalue weighted by Gasteiger charge is 2.19. The third-order valence-corrected chi connectivity index (χ3v) is 4.94. The Morgan fingerprint density at radius 3 is 2.45 bits per heavy atom. The minimum absolute atomic E-state index is 0.218. The second kappa shape index (κ2) is 8.30. The molecule has 150 valence electrons. The van der Waals surface area contributed by atoms with Gasteiger partial charge in [0.05, 0.1) is 19.0 Å². The normalized spacial score (nSPS) is 14.0. The van der Waals surface area contributed by atoms with Gasteiger partial charge in [0.1, 0.15) is 11.6 Å². The van der Waals surface area contributed by atoms with Gasteiger partial charge in [-0.1, -0.05) is 6.07 Å². The van der Waals surface area contributed by atoms with Gasteiger partial charge >= 0.3 is 0 Å². The molecule has 0 bridgehead atoms. The Hall–Kier alpha value is -3.42. The minimum atomic E-state index is -0.218. The second-order valence-electron chi connectivity index (χ2n) is 6.92. The molecule has 0 saturated carbocycles. The lowest BCUT2D eigenvalue weighted by atomic mass is 10.2. The van der Waals surface area contributed by atoms with Crippen LogP contribution in [-0.2, 0) is 0 Å². The summed E-state index contributed by atoms with van der Waals surface area (Å²) in [6, 6.07) is 12.5. The third-order valence-electron chi connectivity index (χ3n) is 4.94. The molecule has 1 fully saturated rings. The summed E-state index contributed by atoms with van der Waals surface area (Å²) in [5, 5.41) is 11.4. The van der Waals surface area contributed by atoms with Gasteiger partial charge in [0.15, 0.2) is 5.82 Å². The van der Waals surface area contributed by atoms with Crippen LogP contribution in [0.5, 0.6) is 5.75 Å². The molecule has 0 aliphatic carbocycles. The topological polar surface area (TPSA) is 66.4 Å². The largest absolute Gasteiger partial charge is 0.495 e. The molecule has 0 atom stereocenters. The number of piperazine rings is 1. The standard InChI is InChI=1S/C21H23FN6O/c1-15-3-8-19(29-2)18(13-15)24-21-25-20(14-23-26-21)28-11-9-27(10-12-28)17-6-4-16(22)5-7-17/h3-8,13-14H,9-12H2,1-2H3,(H,24,25,26). The van der Waals surface area contributed by atoms with Crippen LogP contribution in [0.1, 0.15) is 5.56 Å². The van der Waals surface area contributed by atoms with Crippen LogP contribution >= 0.6 is 0 Å². The SMILES string of the molecule is COc1ccc(C)cc1Nc1nncc(N2CCN(c3ccc(F)cc3)CC2)n1. The van der Waals surface area contributed by atoms with Crippen molar-refractivity contribution in [3.05, 3.63) is 60.0 Å². The Labute approximate surface area is 169 Å². The molecule has 3 aromatic rings. The van der Waals surface area contributed by atoms with Crippen LogP contribution in [0.4, 0.5) is 27.5 Å². The van der Waals surface area contributed by atoms with Crippen LogP contribution in [0.15, 0.2) is 48.7 Å². The lowest BCUT2D eigenvalue weighted by Gasteiger charge is -2.36. The van der Waals surface area contributed by atoms with E-state index in [-0.39, 0.29) is 5.82 Å². The van der Waals surface area contributed by atoms with Crippen LogP contribution in [-0.4, -0.2) is 48.5 Å². The van der Waals surface area contributed by atoms with Gasteiger partial charge in [0, 0.05) is 31.9 Å². The van der Waals surface area contributed by atoms with E-state index < -0.39 is 0 Å². The van der Waals surface area contributed by atoms with Crippen molar-refractivity contribution in [1.29, 1.82) is 0 Å². The maximum Gasteiger partial charge on any atom is 0.249 e. The average molecular weight is 394 g/mol. The number of nitrogens with zero attached hydrogens (tertiary/aromatic N) is 5. The predicted octanol–water partition coefficient (Wildman–Crippen LogP) is 3.40. The smallest absolute Gasteiger partial charge is 0.249 e. The van der Waals surface area contributed by atoms with Gasteiger partial charge in [-0.2, -0.15) is 10.1 Å². The predicted molar refractivity (Wildman–Crippen MR) is 112 cm³/mol. The molecule has 1 saturated heterocycles. The van der Waals surface area contributed by atoms with Crippen molar-refractivity contribution in [3.63, 3.8) is 0 Å². The van der Waals surface area contributed by atoms with Crippen molar-refractivity contribution in [2.45, 2.75) is 6.92 Å². The fourth-order valence-corrected chi connectivity index (χ4v) is 3.39. The molecule has 1 aliphatic rings. The van der Waals surface area contributed by atoms with E-state index in [1.54, 1.807) is 13.3 Å². The number of benzene rings is 2. The highest BCUT2D eigenvalue weighted by Crippen LogP contribution is 2.28. The second-order valence-corrected chi connectivity index (χ2v) is 6.92. The summed E-state index contributed by atoms with van der Waals surface area (Å²) in [4.78, 5) is 9.04. The zero-order valence-corrected chi connectivity index (χ0v) is 16.5. The summed E-state index contributed by atoms with van der Waals surface area (Å²) >= 11 is 0. The van der Waals surface area contributed by atoms with Gasteiger partial charge in [0.25, 0.3) is 0 Å². The number of halogens is 1. The zero-order chi connectivity index (χ0) is 20.2. The summed E-state index contributed by atoms with van der Waals surface area (Å²) in [7, 11) is 1.63. The molecule has 8 heteroatoms. The summed E-state index contributed by atoms with van der Waals surface area (Å²) < 4.78 is 18.5. The van der Waals surface area contributed by atoms with Crippen molar-refractivity contribution in [2.24, 2.45) is 0 Å². The molecule has 1 aliphatic heterocycles. The van der Waals surface area contributed by atoms with Gasteiger partial charge in [-0.25, -0.2) is 4.39 Å². The third kappa shape index (κ3) is 4.37. The van der Waals surface area contributed by atoms with Crippen molar-refractivity contribution < 1.29 is 9.13 Å². The van der Waals surface area contributed by atoms with Crippen molar-refractivity contribution in [3.8, 4) is 5.75 Å². The molecule has 7 nitrogen and oxygen atoms in total. The van der Waals surface area contributed by atoms with E-state index in [0.29, 0.717) is 5.95 Å². The van der Waals surface area contributed by atoms with E-state index in [2.05, 4.69) is 30.3 Å². The van der Waals surface area contributed by atoms with Crippen LogP contribution in [0.2, 0.25) is 0 Å². The molecule has 29 heavy (non-hydrogen) atoms. The van der Waals surface area contributed by atoms with Gasteiger partial charge in [-0.3, -0.25) is 0 Å². The van der Waals surface area contributed by atoms with Crippen molar-refractivity contribution >= 4 is 23.1 Å². The molecule has 0 radical (unpaired) electrons. The van der Waals surface area contributed by atoms with Gasteiger partial charge in [-0.15, -0.1) is 5.10 Å². The fourth-order valence-electron chi connectivity index (χ4n) is 3.39. The maximum absolute atomic E-state index is 13.1. The lowest BCUT2D eigenvalue weighted by Crippen LogP contribution is -2.46. The van der Waals surface area contributed by atoms with Gasteiger partial charge < -0.3 is 19.9 Å². The number of aromatic nitrogens is 3. The first kappa shape index (κ1) is 18.9. The number of aryl methyl sites for hydroxylation is 1. The molecule has 4 rings (SSSR count). The molecule has 2 heterocycles. The first-order valence-corrected chi connectivity index (χ1v) is 9.49. The number of methoxy groups -OCH3 is 1. The molecule has 0 spiro atoms. The molecule has 2 aromatic carbocycles. The number of anilines is 4. The van der Waals surface area contributed by atoms with Crippen molar-refractivity contribution in [2.75, 3.05) is 48.4 Å². The number of rotatable bonds is 5. The Kier molecular flexibility index (Phi) is 5.41. The minimum Gasteiger partial charge on any atom is -0.495 e. The quantitative estimate of drug-likeness (QED) is 0.711. The van der Waals surface area contributed by atoms with E-state index in [1.807, 2.05) is 37.3 Å². The summed E-state index contributed by atoms with van der Waals surface area (Å²) in [6.45, 7) is 5.25. The average Bonchev–Trinajstić information content (AvgIpc) is 2.75. The molecule has 0 amide bonds. The van der Waals surface area contributed by atoms with Crippen LogP contribution in [0.25, 0.3) is 0 Å². The Balaban J connectivity index is 1.44. The number of hydrogen-bond acceptors (Lipinski definition) is 7. The number of ether oxygens (including phenoxy) is 1. The summed E-state index contributed by atoms with van der Waals surface area (Å²) in [5.74, 6) is 1.70. The monoisotopic (exact) mass is 394 g/mol.